The Bertz CT molecular complexity index is 361. The monoisotopic (exact) mass is 256 g/mol. The number of hydrogen-bond acceptors (Lipinski definition) is 3. The molecule has 0 aliphatic carbocycles. The van der Waals surface area contributed by atoms with E-state index in [-0.39, 0.29) is 5.54 Å². The van der Waals surface area contributed by atoms with Crippen LogP contribution in [0.15, 0.2) is 18.2 Å². The fraction of sp³-hybridized carbons (Fsp3) is 0.538. The summed E-state index contributed by atoms with van der Waals surface area (Å²) in [5.41, 5.74) is 6.84. The van der Waals surface area contributed by atoms with Gasteiger partial charge in [-0.15, -0.1) is 0 Å². The van der Waals surface area contributed by atoms with E-state index < -0.39 is 0 Å². The minimum atomic E-state index is -0.128. The molecule has 0 saturated carbocycles. The molecule has 4 heteroatoms. The molecule has 0 aliphatic heterocycles. The van der Waals surface area contributed by atoms with Gasteiger partial charge in [0.05, 0.1) is 7.11 Å². The van der Waals surface area contributed by atoms with Gasteiger partial charge in [-0.1, -0.05) is 17.7 Å². The number of ether oxygens (including phenoxy) is 1. The summed E-state index contributed by atoms with van der Waals surface area (Å²) in [7, 11) is 1.63. The van der Waals surface area contributed by atoms with E-state index in [1.165, 1.54) is 0 Å². The Morgan fingerprint density at radius 2 is 2.12 bits per heavy atom. The number of halogens is 1. The summed E-state index contributed by atoms with van der Waals surface area (Å²) in [4.78, 5) is 0. The Morgan fingerprint density at radius 3 is 2.65 bits per heavy atom. The van der Waals surface area contributed by atoms with E-state index in [9.17, 15) is 0 Å². The van der Waals surface area contributed by atoms with Crippen molar-refractivity contribution in [2.45, 2.75) is 32.4 Å². The number of nitrogens with one attached hydrogen (secondary N) is 1. The van der Waals surface area contributed by atoms with Gasteiger partial charge in [0, 0.05) is 17.1 Å². The van der Waals surface area contributed by atoms with Crippen LogP contribution >= 0.6 is 11.6 Å². The van der Waals surface area contributed by atoms with Gasteiger partial charge in [0.25, 0.3) is 0 Å². The minimum Gasteiger partial charge on any atom is -0.497 e. The molecule has 0 unspecified atom stereocenters. The van der Waals surface area contributed by atoms with Crippen LogP contribution < -0.4 is 15.8 Å². The Hall–Kier alpha value is -0.770. The fourth-order valence-corrected chi connectivity index (χ4v) is 1.67. The second-order valence-electron chi connectivity index (χ2n) is 4.87. The van der Waals surface area contributed by atoms with Crippen molar-refractivity contribution < 1.29 is 4.74 Å². The fourth-order valence-electron chi connectivity index (χ4n) is 1.43. The molecule has 0 fully saturated rings. The SMILES string of the molecule is COc1ccc(CNCCC(C)(C)N)c(Cl)c1. The van der Waals surface area contributed by atoms with Crippen LogP contribution in [0.2, 0.25) is 5.02 Å². The van der Waals surface area contributed by atoms with Gasteiger partial charge in [-0.2, -0.15) is 0 Å². The summed E-state index contributed by atoms with van der Waals surface area (Å²) >= 11 is 6.13. The molecule has 0 saturated heterocycles. The lowest BCUT2D eigenvalue weighted by Crippen LogP contribution is -2.35. The zero-order valence-corrected chi connectivity index (χ0v) is 11.5. The largest absolute Gasteiger partial charge is 0.497 e. The number of rotatable bonds is 6. The van der Waals surface area contributed by atoms with Crippen LogP contribution in [-0.2, 0) is 6.54 Å². The lowest BCUT2D eigenvalue weighted by molar-refractivity contribution is 0.414. The first-order valence-corrected chi connectivity index (χ1v) is 6.12. The zero-order valence-electron chi connectivity index (χ0n) is 10.7. The molecule has 1 aromatic rings. The highest BCUT2D eigenvalue weighted by molar-refractivity contribution is 6.31. The molecule has 0 aliphatic rings. The molecule has 0 aromatic heterocycles. The number of nitrogens with two attached hydrogens (primary N) is 1. The molecule has 96 valence electrons. The number of hydrogen-bond donors (Lipinski definition) is 2. The predicted molar refractivity (Wildman–Crippen MR) is 72.6 cm³/mol. The van der Waals surface area contributed by atoms with Crippen LogP contribution in [0.1, 0.15) is 25.8 Å². The van der Waals surface area contributed by atoms with E-state index in [0.717, 1.165) is 35.8 Å². The molecule has 0 bridgehead atoms. The molecule has 1 rings (SSSR count). The van der Waals surface area contributed by atoms with Crippen molar-refractivity contribution in [2.24, 2.45) is 5.73 Å². The first-order valence-electron chi connectivity index (χ1n) is 5.74. The van der Waals surface area contributed by atoms with E-state index >= 15 is 0 Å². The minimum absolute atomic E-state index is 0.128. The lowest BCUT2D eigenvalue weighted by Gasteiger charge is -2.18. The third-order valence-corrected chi connectivity index (χ3v) is 2.87. The third kappa shape index (κ3) is 5.39. The summed E-state index contributed by atoms with van der Waals surface area (Å²) in [5.74, 6) is 0.779. The maximum atomic E-state index is 6.13. The van der Waals surface area contributed by atoms with Gasteiger partial charge in [-0.25, -0.2) is 0 Å². The van der Waals surface area contributed by atoms with Crippen molar-refractivity contribution in [2.75, 3.05) is 13.7 Å². The van der Waals surface area contributed by atoms with Gasteiger partial charge in [0.2, 0.25) is 0 Å². The molecule has 1 aromatic carbocycles. The highest BCUT2D eigenvalue weighted by Crippen LogP contribution is 2.22. The van der Waals surface area contributed by atoms with Gasteiger partial charge < -0.3 is 15.8 Å². The number of benzene rings is 1. The van der Waals surface area contributed by atoms with E-state index in [1.54, 1.807) is 7.11 Å². The first kappa shape index (κ1) is 14.3. The standard InChI is InChI=1S/C13H21ClN2O/c1-13(2,15)6-7-16-9-10-4-5-11(17-3)8-12(10)14/h4-5,8,16H,6-7,9,15H2,1-3H3. The Labute approximate surface area is 108 Å². The van der Waals surface area contributed by atoms with Crippen LogP contribution in [-0.4, -0.2) is 19.2 Å². The van der Waals surface area contributed by atoms with Crippen LogP contribution in [0.3, 0.4) is 0 Å². The van der Waals surface area contributed by atoms with Gasteiger partial charge in [0.15, 0.2) is 0 Å². The average Bonchev–Trinajstić information content (AvgIpc) is 2.24. The second-order valence-corrected chi connectivity index (χ2v) is 5.28. The van der Waals surface area contributed by atoms with Crippen LogP contribution in [0.25, 0.3) is 0 Å². The van der Waals surface area contributed by atoms with Crippen molar-refractivity contribution in [1.82, 2.24) is 5.32 Å². The molecule has 0 spiro atoms. The molecular formula is C13H21ClN2O. The van der Waals surface area contributed by atoms with Crippen molar-refractivity contribution in [3.05, 3.63) is 28.8 Å². The van der Waals surface area contributed by atoms with Crippen molar-refractivity contribution in [3.63, 3.8) is 0 Å². The molecule has 0 heterocycles. The number of methoxy groups -OCH3 is 1. The van der Waals surface area contributed by atoms with Crippen molar-refractivity contribution >= 4 is 11.6 Å². The smallest absolute Gasteiger partial charge is 0.120 e. The maximum Gasteiger partial charge on any atom is 0.120 e. The Balaban J connectivity index is 2.42. The third-order valence-electron chi connectivity index (χ3n) is 2.52. The summed E-state index contributed by atoms with van der Waals surface area (Å²) in [6.45, 7) is 5.68. The Morgan fingerprint density at radius 1 is 1.41 bits per heavy atom. The normalized spacial score (nSPS) is 11.6. The van der Waals surface area contributed by atoms with E-state index in [4.69, 9.17) is 22.1 Å². The van der Waals surface area contributed by atoms with Gasteiger partial charge in [-0.05, 0) is 44.5 Å². The quantitative estimate of drug-likeness (QED) is 0.769. The van der Waals surface area contributed by atoms with Crippen LogP contribution in [0.4, 0.5) is 0 Å². The molecule has 0 radical (unpaired) electrons. The first-order chi connectivity index (χ1) is 7.92. The second kappa shape index (κ2) is 6.24. The highest BCUT2D eigenvalue weighted by atomic mass is 35.5. The van der Waals surface area contributed by atoms with E-state index in [0.29, 0.717) is 0 Å². The Kier molecular flexibility index (Phi) is 5.25. The van der Waals surface area contributed by atoms with Crippen molar-refractivity contribution in [3.8, 4) is 5.75 Å². The van der Waals surface area contributed by atoms with Gasteiger partial charge in [-0.3, -0.25) is 0 Å². The lowest BCUT2D eigenvalue weighted by atomic mass is 10.0. The summed E-state index contributed by atoms with van der Waals surface area (Å²) in [6.07, 6.45) is 0.931. The molecule has 17 heavy (non-hydrogen) atoms. The van der Waals surface area contributed by atoms with Crippen LogP contribution in [0.5, 0.6) is 5.75 Å². The van der Waals surface area contributed by atoms with Gasteiger partial charge >= 0.3 is 0 Å². The molecule has 3 nitrogen and oxygen atoms in total. The van der Waals surface area contributed by atoms with E-state index in [1.807, 2.05) is 32.0 Å². The van der Waals surface area contributed by atoms with Crippen LogP contribution in [0, 0.1) is 0 Å². The molecule has 3 N–H and O–H groups in total. The average molecular weight is 257 g/mol. The molecular weight excluding hydrogens is 236 g/mol. The zero-order chi connectivity index (χ0) is 12.9. The summed E-state index contributed by atoms with van der Waals surface area (Å²) < 4.78 is 5.10. The molecule has 0 atom stereocenters. The van der Waals surface area contributed by atoms with Gasteiger partial charge in [0.1, 0.15) is 5.75 Å². The summed E-state index contributed by atoms with van der Waals surface area (Å²) in [6, 6.07) is 5.71. The predicted octanol–water partition coefficient (Wildman–Crippen LogP) is 2.57. The van der Waals surface area contributed by atoms with Crippen molar-refractivity contribution in [1.29, 1.82) is 0 Å². The topological polar surface area (TPSA) is 47.3 Å². The molecule has 0 amide bonds. The summed E-state index contributed by atoms with van der Waals surface area (Å²) in [5, 5.41) is 4.06. The maximum absolute atomic E-state index is 6.13. The van der Waals surface area contributed by atoms with E-state index in [2.05, 4.69) is 5.32 Å². The highest BCUT2D eigenvalue weighted by Gasteiger charge is 2.09.